The van der Waals surface area contributed by atoms with Crippen molar-refractivity contribution in [2.75, 3.05) is 26.8 Å². The Morgan fingerprint density at radius 3 is 2.94 bits per heavy atom. The van der Waals surface area contributed by atoms with Gasteiger partial charge in [0.1, 0.15) is 5.82 Å². The molecule has 0 aromatic heterocycles. The molecule has 0 heterocycles. The summed E-state index contributed by atoms with van der Waals surface area (Å²) in [7, 11) is 1.69. The van der Waals surface area contributed by atoms with Gasteiger partial charge in [0.15, 0.2) is 0 Å². The van der Waals surface area contributed by atoms with Crippen LogP contribution in [0, 0.1) is 12.7 Å². The molecule has 0 spiro atoms. The Hall–Kier alpha value is -1.19. The van der Waals surface area contributed by atoms with Crippen LogP contribution in [-0.2, 0) is 4.74 Å². The molecule has 0 bridgehead atoms. The maximum Gasteiger partial charge on any atom is 0.123 e. The van der Waals surface area contributed by atoms with Crippen molar-refractivity contribution in [1.29, 1.82) is 0 Å². The lowest BCUT2D eigenvalue weighted by Crippen LogP contribution is -2.19. The van der Waals surface area contributed by atoms with Crippen LogP contribution in [0.2, 0.25) is 0 Å². The Morgan fingerprint density at radius 1 is 1.35 bits per heavy atom. The zero-order valence-electron chi connectivity index (χ0n) is 10.5. The number of aryl methyl sites for hydroxylation is 1. The van der Waals surface area contributed by atoms with Crippen molar-refractivity contribution in [2.45, 2.75) is 13.3 Å². The minimum absolute atomic E-state index is 0.187. The first-order valence-electron chi connectivity index (χ1n) is 5.86. The van der Waals surface area contributed by atoms with Gasteiger partial charge in [0.25, 0.3) is 0 Å². The van der Waals surface area contributed by atoms with Gasteiger partial charge in [-0.1, -0.05) is 18.2 Å². The number of rotatable bonds is 7. The van der Waals surface area contributed by atoms with Crippen LogP contribution in [0.5, 0.6) is 0 Å². The van der Waals surface area contributed by atoms with Crippen LogP contribution in [0.25, 0.3) is 6.08 Å². The number of hydrogen-bond acceptors (Lipinski definition) is 2. The minimum atomic E-state index is -0.187. The molecule has 0 radical (unpaired) electrons. The van der Waals surface area contributed by atoms with Crippen LogP contribution in [0.15, 0.2) is 24.3 Å². The van der Waals surface area contributed by atoms with E-state index >= 15 is 0 Å². The molecule has 0 unspecified atom stereocenters. The molecular weight excluding hydrogens is 217 g/mol. The van der Waals surface area contributed by atoms with E-state index in [9.17, 15) is 4.39 Å². The number of hydrogen-bond donors (Lipinski definition) is 1. The first kappa shape index (κ1) is 13.9. The van der Waals surface area contributed by atoms with Gasteiger partial charge >= 0.3 is 0 Å². The van der Waals surface area contributed by atoms with Gasteiger partial charge in [-0.15, -0.1) is 0 Å². The second kappa shape index (κ2) is 7.98. The average molecular weight is 237 g/mol. The fraction of sp³-hybridized carbons (Fsp3) is 0.429. The lowest BCUT2D eigenvalue weighted by molar-refractivity contribution is 0.199. The Morgan fingerprint density at radius 2 is 2.18 bits per heavy atom. The van der Waals surface area contributed by atoms with Gasteiger partial charge < -0.3 is 10.1 Å². The predicted octanol–water partition coefficient (Wildman–Crippen LogP) is 2.77. The first-order valence-corrected chi connectivity index (χ1v) is 5.86. The lowest BCUT2D eigenvalue weighted by Gasteiger charge is -2.02. The summed E-state index contributed by atoms with van der Waals surface area (Å²) >= 11 is 0. The van der Waals surface area contributed by atoms with Crippen molar-refractivity contribution in [1.82, 2.24) is 5.32 Å². The molecule has 0 amide bonds. The predicted molar refractivity (Wildman–Crippen MR) is 69.5 cm³/mol. The molecule has 94 valence electrons. The van der Waals surface area contributed by atoms with Gasteiger partial charge in [-0.25, -0.2) is 4.39 Å². The van der Waals surface area contributed by atoms with Crippen LogP contribution < -0.4 is 5.32 Å². The Balaban J connectivity index is 2.30. The summed E-state index contributed by atoms with van der Waals surface area (Å²) in [6, 6.07) is 4.84. The Labute approximate surface area is 102 Å². The molecule has 2 nitrogen and oxygen atoms in total. The summed E-state index contributed by atoms with van der Waals surface area (Å²) in [4.78, 5) is 0. The Bertz CT molecular complexity index is 363. The monoisotopic (exact) mass is 237 g/mol. The van der Waals surface area contributed by atoms with Gasteiger partial charge in [-0.3, -0.25) is 0 Å². The van der Waals surface area contributed by atoms with E-state index in [0.29, 0.717) is 0 Å². The number of nitrogens with one attached hydrogen (secondary N) is 1. The summed E-state index contributed by atoms with van der Waals surface area (Å²) in [5, 5.41) is 3.25. The quantitative estimate of drug-likeness (QED) is 0.736. The highest BCUT2D eigenvalue weighted by atomic mass is 19.1. The van der Waals surface area contributed by atoms with Crippen LogP contribution >= 0.6 is 0 Å². The fourth-order valence-electron chi connectivity index (χ4n) is 1.49. The van der Waals surface area contributed by atoms with Gasteiger partial charge in [0.05, 0.1) is 6.61 Å². The summed E-state index contributed by atoms with van der Waals surface area (Å²) in [6.45, 7) is 4.49. The van der Waals surface area contributed by atoms with Crippen LogP contribution in [-0.4, -0.2) is 26.8 Å². The number of halogens is 1. The molecule has 1 aromatic carbocycles. The Kier molecular flexibility index (Phi) is 6.51. The van der Waals surface area contributed by atoms with E-state index in [2.05, 4.69) is 11.4 Å². The van der Waals surface area contributed by atoms with Crippen LogP contribution in [0.4, 0.5) is 4.39 Å². The molecule has 0 aliphatic carbocycles. The SMILES string of the molecule is COCCNCCC=Cc1cc(F)ccc1C. The third-order valence-electron chi connectivity index (χ3n) is 2.51. The molecule has 0 atom stereocenters. The summed E-state index contributed by atoms with van der Waals surface area (Å²) in [6.07, 6.45) is 4.96. The maximum atomic E-state index is 13.0. The van der Waals surface area contributed by atoms with Crippen molar-refractivity contribution < 1.29 is 9.13 Å². The molecule has 0 aliphatic rings. The van der Waals surface area contributed by atoms with Crippen molar-refractivity contribution in [3.05, 3.63) is 41.2 Å². The first-order chi connectivity index (χ1) is 8.24. The van der Waals surface area contributed by atoms with Crippen molar-refractivity contribution in [2.24, 2.45) is 0 Å². The molecule has 1 aromatic rings. The standard InChI is InChI=1S/C14H20FNO/c1-12-6-7-14(15)11-13(12)5-3-4-8-16-9-10-17-2/h3,5-7,11,16H,4,8-10H2,1-2H3. The highest BCUT2D eigenvalue weighted by Gasteiger charge is 1.95. The molecule has 1 N–H and O–H groups in total. The second-order valence-electron chi connectivity index (χ2n) is 3.93. The normalized spacial score (nSPS) is 11.2. The smallest absolute Gasteiger partial charge is 0.123 e. The van der Waals surface area contributed by atoms with Gasteiger partial charge in [-0.05, 0) is 43.1 Å². The van der Waals surface area contributed by atoms with Crippen LogP contribution in [0.3, 0.4) is 0 Å². The van der Waals surface area contributed by atoms with E-state index in [-0.39, 0.29) is 5.82 Å². The molecule has 0 fully saturated rings. The summed E-state index contributed by atoms with van der Waals surface area (Å²) in [5.74, 6) is -0.187. The number of methoxy groups -OCH3 is 1. The summed E-state index contributed by atoms with van der Waals surface area (Å²) in [5.41, 5.74) is 2.04. The molecule has 0 aliphatic heterocycles. The lowest BCUT2D eigenvalue weighted by atomic mass is 10.1. The highest BCUT2D eigenvalue weighted by molar-refractivity contribution is 5.53. The number of ether oxygens (including phenoxy) is 1. The van der Waals surface area contributed by atoms with Crippen molar-refractivity contribution >= 4 is 6.08 Å². The largest absolute Gasteiger partial charge is 0.383 e. The van der Waals surface area contributed by atoms with Crippen molar-refractivity contribution in [3.63, 3.8) is 0 Å². The maximum absolute atomic E-state index is 13.0. The van der Waals surface area contributed by atoms with E-state index in [1.54, 1.807) is 19.2 Å². The molecule has 0 saturated carbocycles. The highest BCUT2D eigenvalue weighted by Crippen LogP contribution is 2.12. The van der Waals surface area contributed by atoms with Gasteiger partial charge in [-0.2, -0.15) is 0 Å². The van der Waals surface area contributed by atoms with Gasteiger partial charge in [0, 0.05) is 13.7 Å². The molecular formula is C14H20FNO. The molecule has 3 heteroatoms. The van der Waals surface area contributed by atoms with Crippen LogP contribution in [0.1, 0.15) is 17.5 Å². The molecule has 1 rings (SSSR count). The van der Waals surface area contributed by atoms with Gasteiger partial charge in [0.2, 0.25) is 0 Å². The topological polar surface area (TPSA) is 21.3 Å². The zero-order chi connectivity index (χ0) is 12.5. The molecule has 0 saturated heterocycles. The fourth-order valence-corrected chi connectivity index (χ4v) is 1.49. The third kappa shape index (κ3) is 5.61. The third-order valence-corrected chi connectivity index (χ3v) is 2.51. The minimum Gasteiger partial charge on any atom is -0.383 e. The van der Waals surface area contributed by atoms with E-state index in [0.717, 1.165) is 37.2 Å². The van der Waals surface area contributed by atoms with E-state index in [1.165, 1.54) is 6.07 Å². The summed E-state index contributed by atoms with van der Waals surface area (Å²) < 4.78 is 17.9. The average Bonchev–Trinajstić information content (AvgIpc) is 2.32. The number of benzene rings is 1. The molecule has 17 heavy (non-hydrogen) atoms. The van der Waals surface area contributed by atoms with E-state index < -0.39 is 0 Å². The van der Waals surface area contributed by atoms with E-state index in [4.69, 9.17) is 4.74 Å². The van der Waals surface area contributed by atoms with Crippen molar-refractivity contribution in [3.8, 4) is 0 Å². The van der Waals surface area contributed by atoms with E-state index in [1.807, 2.05) is 13.0 Å². The zero-order valence-corrected chi connectivity index (χ0v) is 10.5. The second-order valence-corrected chi connectivity index (χ2v) is 3.93.